The summed E-state index contributed by atoms with van der Waals surface area (Å²) in [5, 5.41) is 10.2. The molecule has 0 spiro atoms. The third-order valence-electron chi connectivity index (χ3n) is 5.99. The minimum Gasteiger partial charge on any atom is -0.465 e. The number of carbonyl (C=O) groups is 3. The summed E-state index contributed by atoms with van der Waals surface area (Å²) in [6.45, 7) is 5.75. The minimum absolute atomic E-state index is 0.00457. The summed E-state index contributed by atoms with van der Waals surface area (Å²) in [5.41, 5.74) is 3.06. The zero-order valence-corrected chi connectivity index (χ0v) is 20.5. The van der Waals surface area contributed by atoms with Crippen molar-refractivity contribution >= 4 is 23.8 Å². The van der Waals surface area contributed by atoms with E-state index in [4.69, 9.17) is 10.1 Å². The fourth-order valence-corrected chi connectivity index (χ4v) is 3.94. The molecule has 0 radical (unpaired) electrons. The van der Waals surface area contributed by atoms with Crippen LogP contribution in [0.5, 0.6) is 0 Å². The average Bonchev–Trinajstić information content (AvgIpc) is 2.87. The van der Waals surface area contributed by atoms with E-state index in [9.17, 15) is 14.4 Å². The summed E-state index contributed by atoms with van der Waals surface area (Å²) in [7, 11) is 1.25. The number of hydrogen-bond donors (Lipinski definition) is 2. The maximum atomic E-state index is 13.0. The molecule has 1 heterocycles. The van der Waals surface area contributed by atoms with Crippen molar-refractivity contribution < 1.29 is 23.9 Å². The van der Waals surface area contributed by atoms with Crippen LogP contribution < -0.4 is 5.32 Å². The van der Waals surface area contributed by atoms with Gasteiger partial charge in [0.05, 0.1) is 13.7 Å². The molecule has 0 aromatic heterocycles. The predicted octanol–water partition coefficient (Wildman–Crippen LogP) is 4.48. The molecule has 186 valence electrons. The Hall–Kier alpha value is -3.68. The maximum Gasteiger partial charge on any atom is 0.412 e. The van der Waals surface area contributed by atoms with E-state index in [1.165, 1.54) is 7.11 Å². The lowest BCUT2D eigenvalue weighted by molar-refractivity contribution is -0.146. The number of esters is 1. The SMILES string of the molecule is COC(=O)NC(=N)c1ccc(-c2ccc(C(=O)N3CCC(CC(=O)OCC(C)C)CC3)cc2)cc1. The molecular formula is C27H33N3O5. The first kappa shape index (κ1) is 25.9. The highest BCUT2D eigenvalue weighted by molar-refractivity contribution is 6.04. The standard InChI is InChI=1S/C27H33N3O5/c1-18(2)17-35-24(31)16-19-12-14-30(15-13-19)26(32)23-10-6-21(7-11-23)20-4-8-22(9-5-20)25(28)29-27(33)34-3/h4-11,18-19H,12-17H2,1-3H3,(H2,28,29,33). The van der Waals surface area contributed by atoms with Crippen LogP contribution >= 0.6 is 0 Å². The summed E-state index contributed by atoms with van der Waals surface area (Å²) in [6, 6.07) is 14.6. The lowest BCUT2D eigenvalue weighted by Crippen LogP contribution is -2.39. The van der Waals surface area contributed by atoms with Gasteiger partial charge in [-0.3, -0.25) is 20.3 Å². The molecule has 2 aromatic rings. The monoisotopic (exact) mass is 479 g/mol. The van der Waals surface area contributed by atoms with E-state index in [-0.39, 0.29) is 23.6 Å². The molecule has 1 fully saturated rings. The Morgan fingerprint density at radius 1 is 0.971 bits per heavy atom. The quantitative estimate of drug-likeness (QED) is 0.346. The number of nitrogens with zero attached hydrogens (tertiary/aromatic N) is 1. The Bertz CT molecular complexity index is 1040. The molecule has 0 bridgehead atoms. The second kappa shape index (κ2) is 12.1. The lowest BCUT2D eigenvalue weighted by Gasteiger charge is -2.31. The average molecular weight is 480 g/mol. The second-order valence-corrected chi connectivity index (χ2v) is 9.16. The van der Waals surface area contributed by atoms with Crippen molar-refractivity contribution in [1.29, 1.82) is 5.41 Å². The van der Waals surface area contributed by atoms with Crippen LogP contribution in [0.25, 0.3) is 11.1 Å². The van der Waals surface area contributed by atoms with Gasteiger partial charge in [0.2, 0.25) is 0 Å². The Morgan fingerprint density at radius 3 is 2.03 bits per heavy atom. The Kier molecular flexibility index (Phi) is 9.00. The Labute approximate surface area is 206 Å². The molecule has 2 N–H and O–H groups in total. The Balaban J connectivity index is 1.53. The van der Waals surface area contributed by atoms with Gasteiger partial charge in [0, 0.05) is 30.6 Å². The number of nitrogens with one attached hydrogen (secondary N) is 2. The molecule has 2 aromatic carbocycles. The summed E-state index contributed by atoms with van der Waals surface area (Å²) in [5.74, 6) is 0.391. The van der Waals surface area contributed by atoms with Gasteiger partial charge in [-0.2, -0.15) is 0 Å². The number of ether oxygens (including phenoxy) is 2. The fraction of sp³-hybridized carbons (Fsp3) is 0.407. The molecular weight excluding hydrogens is 446 g/mol. The Morgan fingerprint density at radius 2 is 1.51 bits per heavy atom. The molecule has 0 atom stereocenters. The number of piperidine rings is 1. The molecule has 1 aliphatic heterocycles. The molecule has 3 rings (SSSR count). The molecule has 8 heteroatoms. The molecule has 35 heavy (non-hydrogen) atoms. The van der Waals surface area contributed by atoms with E-state index in [0.29, 0.717) is 43.2 Å². The molecule has 0 aliphatic carbocycles. The molecule has 0 saturated carbocycles. The molecule has 8 nitrogen and oxygen atoms in total. The number of rotatable bonds is 7. The summed E-state index contributed by atoms with van der Waals surface area (Å²) >= 11 is 0. The second-order valence-electron chi connectivity index (χ2n) is 9.16. The summed E-state index contributed by atoms with van der Waals surface area (Å²) in [6.07, 6.45) is 1.33. The normalized spacial score (nSPS) is 13.9. The zero-order chi connectivity index (χ0) is 25.4. The van der Waals surface area contributed by atoms with Crippen LogP contribution in [0.1, 0.15) is 49.0 Å². The van der Waals surface area contributed by atoms with Gasteiger partial charge in [0.1, 0.15) is 5.84 Å². The molecule has 2 amide bonds. The van der Waals surface area contributed by atoms with Gasteiger partial charge in [-0.15, -0.1) is 0 Å². The van der Waals surface area contributed by atoms with E-state index in [1.807, 2.05) is 55.1 Å². The number of alkyl carbamates (subject to hydrolysis) is 1. The van der Waals surface area contributed by atoms with Gasteiger partial charge < -0.3 is 14.4 Å². The van der Waals surface area contributed by atoms with Crippen molar-refractivity contribution in [1.82, 2.24) is 10.2 Å². The number of amides is 2. The highest BCUT2D eigenvalue weighted by Crippen LogP contribution is 2.24. The van der Waals surface area contributed by atoms with Crippen LogP contribution in [-0.4, -0.2) is 55.5 Å². The van der Waals surface area contributed by atoms with Gasteiger partial charge in [-0.05, 0) is 47.9 Å². The number of carbonyl (C=O) groups excluding carboxylic acids is 3. The number of hydrogen-bond acceptors (Lipinski definition) is 6. The van der Waals surface area contributed by atoms with Crippen molar-refractivity contribution in [3.63, 3.8) is 0 Å². The van der Waals surface area contributed by atoms with Crippen LogP contribution in [0.2, 0.25) is 0 Å². The van der Waals surface area contributed by atoms with E-state index in [1.54, 1.807) is 12.1 Å². The van der Waals surface area contributed by atoms with Crippen LogP contribution in [0.15, 0.2) is 48.5 Å². The summed E-state index contributed by atoms with van der Waals surface area (Å²) < 4.78 is 9.79. The van der Waals surface area contributed by atoms with Crippen LogP contribution in [0.4, 0.5) is 4.79 Å². The van der Waals surface area contributed by atoms with Crippen LogP contribution in [0, 0.1) is 17.2 Å². The molecule has 0 unspecified atom stereocenters. The van der Waals surface area contributed by atoms with Gasteiger partial charge in [-0.25, -0.2) is 4.79 Å². The van der Waals surface area contributed by atoms with E-state index >= 15 is 0 Å². The smallest absolute Gasteiger partial charge is 0.412 e. The first-order valence-electron chi connectivity index (χ1n) is 11.9. The van der Waals surface area contributed by atoms with Crippen molar-refractivity contribution in [3.8, 4) is 11.1 Å². The highest BCUT2D eigenvalue weighted by Gasteiger charge is 2.25. The molecule has 1 aliphatic rings. The zero-order valence-electron chi connectivity index (χ0n) is 20.5. The van der Waals surface area contributed by atoms with Crippen LogP contribution in [-0.2, 0) is 14.3 Å². The predicted molar refractivity (Wildman–Crippen MR) is 133 cm³/mol. The molecule has 1 saturated heterocycles. The largest absolute Gasteiger partial charge is 0.465 e. The van der Waals surface area contributed by atoms with Crippen molar-refractivity contribution in [2.24, 2.45) is 11.8 Å². The third-order valence-corrected chi connectivity index (χ3v) is 5.99. The first-order valence-corrected chi connectivity index (χ1v) is 11.9. The van der Waals surface area contributed by atoms with Gasteiger partial charge in [-0.1, -0.05) is 50.2 Å². The minimum atomic E-state index is -0.687. The van der Waals surface area contributed by atoms with Gasteiger partial charge in [0.25, 0.3) is 5.91 Å². The van der Waals surface area contributed by atoms with Gasteiger partial charge in [0.15, 0.2) is 0 Å². The van der Waals surface area contributed by atoms with Crippen molar-refractivity contribution in [2.45, 2.75) is 33.1 Å². The van der Waals surface area contributed by atoms with E-state index in [2.05, 4.69) is 10.1 Å². The number of likely N-dealkylation sites (tertiary alicyclic amines) is 1. The number of amidine groups is 1. The lowest BCUT2D eigenvalue weighted by atomic mass is 9.93. The topological polar surface area (TPSA) is 109 Å². The third kappa shape index (κ3) is 7.40. The van der Waals surface area contributed by atoms with E-state index < -0.39 is 6.09 Å². The first-order chi connectivity index (χ1) is 16.8. The van der Waals surface area contributed by atoms with Crippen LogP contribution in [0.3, 0.4) is 0 Å². The maximum absolute atomic E-state index is 13.0. The number of methoxy groups -OCH3 is 1. The van der Waals surface area contributed by atoms with Crippen molar-refractivity contribution in [2.75, 3.05) is 26.8 Å². The summed E-state index contributed by atoms with van der Waals surface area (Å²) in [4.78, 5) is 38.0. The van der Waals surface area contributed by atoms with Gasteiger partial charge >= 0.3 is 12.1 Å². The highest BCUT2D eigenvalue weighted by atomic mass is 16.5. The van der Waals surface area contributed by atoms with E-state index in [0.717, 1.165) is 24.0 Å². The van der Waals surface area contributed by atoms with Crippen molar-refractivity contribution in [3.05, 3.63) is 59.7 Å². The number of benzene rings is 2. The fourth-order valence-electron chi connectivity index (χ4n) is 3.94.